The van der Waals surface area contributed by atoms with Crippen molar-refractivity contribution >= 4 is 5.69 Å². The molecule has 19 heavy (non-hydrogen) atoms. The predicted molar refractivity (Wildman–Crippen MR) is 81.8 cm³/mol. The molecule has 2 saturated heterocycles. The van der Waals surface area contributed by atoms with Crippen molar-refractivity contribution in [1.82, 2.24) is 5.32 Å². The number of aryl methyl sites for hydroxylation is 1. The van der Waals surface area contributed by atoms with Gasteiger partial charge in [0.05, 0.1) is 0 Å². The summed E-state index contributed by atoms with van der Waals surface area (Å²) in [7, 11) is 0. The number of benzene rings is 1. The quantitative estimate of drug-likeness (QED) is 0.892. The molecule has 0 aromatic heterocycles. The van der Waals surface area contributed by atoms with E-state index < -0.39 is 0 Å². The lowest BCUT2D eigenvalue weighted by Gasteiger charge is -2.50. The number of hydrogen-bond acceptors (Lipinski definition) is 2. The first kappa shape index (κ1) is 13.0. The topological polar surface area (TPSA) is 15.3 Å². The van der Waals surface area contributed by atoms with Gasteiger partial charge in [0.25, 0.3) is 0 Å². The Morgan fingerprint density at radius 3 is 2.58 bits per heavy atom. The molecule has 1 N–H and O–H groups in total. The van der Waals surface area contributed by atoms with Crippen LogP contribution in [0.5, 0.6) is 0 Å². The molecule has 2 heterocycles. The Bertz CT molecular complexity index is 415. The summed E-state index contributed by atoms with van der Waals surface area (Å²) in [6.45, 7) is 5.53. The predicted octanol–water partition coefficient (Wildman–Crippen LogP) is 3.49. The maximum atomic E-state index is 3.67. The third kappa shape index (κ3) is 2.64. The zero-order chi connectivity index (χ0) is 13.2. The van der Waals surface area contributed by atoms with Crippen LogP contribution in [0.2, 0.25) is 0 Å². The fourth-order valence-electron chi connectivity index (χ4n) is 4.05. The molecule has 2 nitrogen and oxygen atoms in total. The summed E-state index contributed by atoms with van der Waals surface area (Å²) in [5, 5.41) is 3.67. The molecule has 0 saturated carbocycles. The van der Waals surface area contributed by atoms with Crippen molar-refractivity contribution < 1.29 is 0 Å². The summed E-state index contributed by atoms with van der Waals surface area (Å²) >= 11 is 0. The molecule has 0 spiro atoms. The third-order valence-corrected chi connectivity index (χ3v) is 4.77. The van der Waals surface area contributed by atoms with Gasteiger partial charge in [0, 0.05) is 23.8 Å². The maximum absolute atomic E-state index is 3.67. The number of fused-ring (bicyclic) bond motifs is 2. The Kier molecular flexibility index (Phi) is 3.79. The molecule has 0 amide bonds. The van der Waals surface area contributed by atoms with Crippen LogP contribution in [0.4, 0.5) is 5.69 Å². The second-order valence-corrected chi connectivity index (χ2v) is 6.21. The van der Waals surface area contributed by atoms with Crippen molar-refractivity contribution in [3.63, 3.8) is 0 Å². The molecule has 0 radical (unpaired) electrons. The number of piperidine rings is 2. The van der Waals surface area contributed by atoms with Gasteiger partial charge in [-0.1, -0.05) is 19.1 Å². The summed E-state index contributed by atoms with van der Waals surface area (Å²) in [5.41, 5.74) is 2.83. The van der Waals surface area contributed by atoms with Crippen LogP contribution >= 0.6 is 0 Å². The minimum Gasteiger partial charge on any atom is -0.365 e. The molecule has 2 bridgehead atoms. The summed E-state index contributed by atoms with van der Waals surface area (Å²) in [4.78, 5) is 2.73. The maximum Gasteiger partial charge on any atom is 0.0373 e. The molecule has 2 heteroatoms. The Labute approximate surface area is 117 Å². The van der Waals surface area contributed by atoms with Gasteiger partial charge < -0.3 is 10.2 Å². The summed E-state index contributed by atoms with van der Waals surface area (Å²) in [5.74, 6) is 0. The highest BCUT2D eigenvalue weighted by molar-refractivity contribution is 5.51. The molecule has 2 unspecified atom stereocenters. The number of rotatable bonds is 3. The smallest absolute Gasteiger partial charge is 0.0373 e. The lowest BCUT2D eigenvalue weighted by atomic mass is 9.81. The Balaban J connectivity index is 1.82. The first-order valence-corrected chi connectivity index (χ1v) is 7.86. The van der Waals surface area contributed by atoms with Crippen molar-refractivity contribution in [3.8, 4) is 0 Å². The molecule has 2 fully saturated rings. The van der Waals surface area contributed by atoms with Crippen LogP contribution in [-0.4, -0.2) is 24.7 Å². The fraction of sp³-hybridized carbons (Fsp3) is 0.647. The van der Waals surface area contributed by atoms with Crippen LogP contribution in [0.25, 0.3) is 0 Å². The van der Waals surface area contributed by atoms with E-state index in [4.69, 9.17) is 0 Å². The normalized spacial score (nSPS) is 30.4. The van der Waals surface area contributed by atoms with Gasteiger partial charge in [-0.15, -0.1) is 0 Å². The van der Waals surface area contributed by atoms with Crippen molar-refractivity contribution in [3.05, 3.63) is 29.8 Å². The van der Waals surface area contributed by atoms with E-state index in [9.17, 15) is 0 Å². The average Bonchev–Trinajstić information content (AvgIpc) is 2.38. The Morgan fingerprint density at radius 1 is 1.21 bits per heavy atom. The third-order valence-electron chi connectivity index (χ3n) is 4.77. The van der Waals surface area contributed by atoms with Gasteiger partial charge >= 0.3 is 0 Å². The van der Waals surface area contributed by atoms with Crippen LogP contribution in [0.3, 0.4) is 0 Å². The van der Waals surface area contributed by atoms with E-state index in [0.29, 0.717) is 0 Å². The fourth-order valence-corrected chi connectivity index (χ4v) is 4.05. The molecule has 1 aromatic rings. The van der Waals surface area contributed by atoms with Crippen molar-refractivity contribution in [2.45, 2.75) is 64.1 Å². The zero-order valence-electron chi connectivity index (χ0n) is 12.2. The monoisotopic (exact) mass is 258 g/mol. The molecule has 104 valence electrons. The standard InChI is InChI=1S/C17H26N2/c1-3-18-14-11-16-8-5-9-17(12-14)19(16)15-7-4-6-13(2)10-15/h4,6-7,10,14,16-18H,3,5,8-9,11-12H2,1-2H3. The van der Waals surface area contributed by atoms with E-state index in [0.717, 1.165) is 24.7 Å². The number of hydrogen-bond donors (Lipinski definition) is 1. The van der Waals surface area contributed by atoms with Crippen molar-refractivity contribution in [2.75, 3.05) is 11.4 Å². The minimum absolute atomic E-state index is 0.737. The summed E-state index contributed by atoms with van der Waals surface area (Å²) < 4.78 is 0. The molecule has 2 aliphatic rings. The van der Waals surface area contributed by atoms with Gasteiger partial charge in [-0.05, 0) is 63.3 Å². The zero-order valence-corrected chi connectivity index (χ0v) is 12.2. The van der Waals surface area contributed by atoms with E-state index in [1.165, 1.54) is 43.4 Å². The van der Waals surface area contributed by atoms with Crippen LogP contribution < -0.4 is 10.2 Å². The van der Waals surface area contributed by atoms with Crippen LogP contribution in [-0.2, 0) is 0 Å². The van der Waals surface area contributed by atoms with Gasteiger partial charge in [-0.25, -0.2) is 0 Å². The first-order chi connectivity index (χ1) is 9.28. The number of nitrogens with one attached hydrogen (secondary N) is 1. The number of anilines is 1. The second kappa shape index (κ2) is 5.54. The first-order valence-electron chi connectivity index (χ1n) is 7.86. The van der Waals surface area contributed by atoms with Crippen LogP contribution in [0.15, 0.2) is 24.3 Å². The highest BCUT2D eigenvalue weighted by Crippen LogP contribution is 2.37. The molecule has 3 rings (SSSR count). The number of nitrogens with zero attached hydrogens (tertiary/aromatic N) is 1. The minimum atomic E-state index is 0.737. The SMILES string of the molecule is CCNC1CC2CCCC(C1)N2c1cccc(C)c1. The lowest BCUT2D eigenvalue weighted by molar-refractivity contribution is 0.247. The van der Waals surface area contributed by atoms with E-state index in [1.807, 2.05) is 0 Å². The van der Waals surface area contributed by atoms with Gasteiger partial charge in [-0.2, -0.15) is 0 Å². The highest BCUT2D eigenvalue weighted by Gasteiger charge is 2.37. The molecular weight excluding hydrogens is 232 g/mol. The Hall–Kier alpha value is -1.02. The van der Waals surface area contributed by atoms with Gasteiger partial charge in [0.2, 0.25) is 0 Å². The summed E-state index contributed by atoms with van der Waals surface area (Å²) in [6.07, 6.45) is 6.78. The van der Waals surface area contributed by atoms with E-state index in [1.54, 1.807) is 0 Å². The van der Waals surface area contributed by atoms with Gasteiger partial charge in [0.15, 0.2) is 0 Å². The van der Waals surface area contributed by atoms with E-state index in [2.05, 4.69) is 48.3 Å². The van der Waals surface area contributed by atoms with Crippen LogP contribution in [0, 0.1) is 6.92 Å². The molecule has 2 aliphatic heterocycles. The molecule has 1 aromatic carbocycles. The van der Waals surface area contributed by atoms with Gasteiger partial charge in [0.1, 0.15) is 0 Å². The van der Waals surface area contributed by atoms with Crippen molar-refractivity contribution in [1.29, 1.82) is 0 Å². The molecular formula is C17H26N2. The summed E-state index contributed by atoms with van der Waals surface area (Å²) in [6, 6.07) is 11.3. The largest absolute Gasteiger partial charge is 0.365 e. The highest BCUT2D eigenvalue weighted by atomic mass is 15.2. The van der Waals surface area contributed by atoms with E-state index >= 15 is 0 Å². The average molecular weight is 258 g/mol. The van der Waals surface area contributed by atoms with Gasteiger partial charge in [-0.3, -0.25) is 0 Å². The lowest BCUT2D eigenvalue weighted by Crippen LogP contribution is -2.56. The second-order valence-electron chi connectivity index (χ2n) is 6.21. The molecule has 0 aliphatic carbocycles. The van der Waals surface area contributed by atoms with Crippen molar-refractivity contribution in [2.24, 2.45) is 0 Å². The van der Waals surface area contributed by atoms with Crippen LogP contribution in [0.1, 0.15) is 44.6 Å². The van der Waals surface area contributed by atoms with E-state index in [-0.39, 0.29) is 0 Å². The molecule has 2 atom stereocenters. The Morgan fingerprint density at radius 2 is 1.95 bits per heavy atom.